The summed E-state index contributed by atoms with van der Waals surface area (Å²) in [7, 11) is -1.21. The number of amides is 3. The van der Waals surface area contributed by atoms with E-state index in [4.69, 9.17) is 14.2 Å². The molecule has 34 heavy (non-hydrogen) atoms. The van der Waals surface area contributed by atoms with Crippen LogP contribution in [0, 0.1) is 5.92 Å². The lowest BCUT2D eigenvalue weighted by Gasteiger charge is -2.35. The number of nitrogens with zero attached hydrogens (tertiary/aromatic N) is 3. The summed E-state index contributed by atoms with van der Waals surface area (Å²) in [6.07, 6.45) is 2.45. The maximum Gasteiger partial charge on any atom is 0.328 e. The molecule has 3 amide bonds. The lowest BCUT2D eigenvalue weighted by molar-refractivity contribution is -0.135. The van der Waals surface area contributed by atoms with Crippen LogP contribution in [0.4, 0.5) is 10.5 Å². The largest absolute Gasteiger partial charge is 0.372 e. The molecule has 0 unspecified atom stereocenters. The van der Waals surface area contributed by atoms with E-state index >= 15 is 0 Å². The highest BCUT2D eigenvalue weighted by Crippen LogP contribution is 2.29. The predicted molar refractivity (Wildman–Crippen MR) is 133 cm³/mol. The second-order valence-electron chi connectivity index (χ2n) is 10.7. The molecule has 1 aromatic rings. The number of carbonyl (C=O) groups is 2. The van der Waals surface area contributed by atoms with E-state index in [2.05, 4.69) is 48.8 Å². The van der Waals surface area contributed by atoms with Crippen LogP contribution < -0.4 is 4.90 Å². The van der Waals surface area contributed by atoms with Crippen molar-refractivity contribution in [2.45, 2.75) is 57.8 Å². The Bertz CT molecular complexity index is 830. The standard InChI is InChI=1S/C25H39N3O5Si/c1-34(2,3)17-16-31-19-28-23(29)10-13-27(25(28)30)18-20-4-6-22(7-5-20)26-11-8-21(9-12-26)24-32-14-15-33-24/h4-7,21,24H,8-19H2,1-3H3. The third kappa shape index (κ3) is 6.59. The van der Waals surface area contributed by atoms with Crippen molar-refractivity contribution in [2.75, 3.05) is 51.1 Å². The molecule has 3 heterocycles. The normalized spacial score (nSPS) is 21.1. The van der Waals surface area contributed by atoms with Gasteiger partial charge in [-0.05, 0) is 36.6 Å². The summed E-state index contributed by atoms with van der Waals surface area (Å²) >= 11 is 0. The van der Waals surface area contributed by atoms with E-state index in [1.165, 1.54) is 10.6 Å². The smallest absolute Gasteiger partial charge is 0.328 e. The molecular weight excluding hydrogens is 450 g/mol. The average molecular weight is 490 g/mol. The summed E-state index contributed by atoms with van der Waals surface area (Å²) in [5.41, 5.74) is 2.27. The summed E-state index contributed by atoms with van der Waals surface area (Å²) in [5, 5.41) is 0. The zero-order valence-corrected chi connectivity index (χ0v) is 21.8. The van der Waals surface area contributed by atoms with Gasteiger partial charge in [-0.2, -0.15) is 0 Å². The minimum absolute atomic E-state index is 0.0243. The van der Waals surface area contributed by atoms with E-state index < -0.39 is 8.07 Å². The highest BCUT2D eigenvalue weighted by atomic mass is 28.3. The number of rotatable bonds is 9. The molecule has 3 fully saturated rings. The molecule has 188 valence electrons. The lowest BCUT2D eigenvalue weighted by atomic mass is 9.95. The first-order chi connectivity index (χ1) is 16.3. The van der Waals surface area contributed by atoms with Gasteiger partial charge in [0.25, 0.3) is 0 Å². The monoisotopic (exact) mass is 489 g/mol. The zero-order chi connectivity index (χ0) is 24.1. The molecule has 0 atom stereocenters. The third-order valence-corrected chi connectivity index (χ3v) is 8.57. The van der Waals surface area contributed by atoms with Crippen molar-refractivity contribution in [3.63, 3.8) is 0 Å². The Morgan fingerprint density at radius 2 is 1.68 bits per heavy atom. The van der Waals surface area contributed by atoms with Crippen LogP contribution in [0.15, 0.2) is 24.3 Å². The molecule has 3 aliphatic heterocycles. The molecule has 0 aliphatic carbocycles. The van der Waals surface area contributed by atoms with E-state index in [9.17, 15) is 9.59 Å². The van der Waals surface area contributed by atoms with Crippen LogP contribution in [0.5, 0.6) is 0 Å². The SMILES string of the molecule is C[Si](C)(C)CCOCN1C(=O)CCN(Cc2ccc(N3CCC(C4OCCO4)CC3)cc2)C1=O. The second-order valence-corrected chi connectivity index (χ2v) is 16.3. The number of ether oxygens (including phenoxy) is 3. The quantitative estimate of drug-likeness (QED) is 0.389. The Hall–Kier alpha value is -1.94. The van der Waals surface area contributed by atoms with Gasteiger partial charge in [0.05, 0.1) is 13.2 Å². The van der Waals surface area contributed by atoms with Crippen molar-refractivity contribution in [1.29, 1.82) is 0 Å². The molecule has 3 aliphatic rings. The van der Waals surface area contributed by atoms with Crippen molar-refractivity contribution in [2.24, 2.45) is 5.92 Å². The fraction of sp³-hybridized carbons (Fsp3) is 0.680. The van der Waals surface area contributed by atoms with Crippen LogP contribution >= 0.6 is 0 Å². The van der Waals surface area contributed by atoms with Gasteiger partial charge >= 0.3 is 6.03 Å². The number of carbonyl (C=O) groups excluding carboxylic acids is 2. The summed E-state index contributed by atoms with van der Waals surface area (Å²) in [4.78, 5) is 30.6. The van der Waals surface area contributed by atoms with E-state index in [0.29, 0.717) is 45.2 Å². The summed E-state index contributed by atoms with van der Waals surface area (Å²) in [6, 6.07) is 9.20. The first-order valence-corrected chi connectivity index (χ1v) is 16.2. The zero-order valence-electron chi connectivity index (χ0n) is 20.8. The number of anilines is 1. The van der Waals surface area contributed by atoms with E-state index in [1.54, 1.807) is 4.90 Å². The maximum absolute atomic E-state index is 12.9. The second kappa shape index (κ2) is 11.2. The summed E-state index contributed by atoms with van der Waals surface area (Å²) < 4.78 is 17.0. The molecule has 0 radical (unpaired) electrons. The number of hydrogen-bond acceptors (Lipinski definition) is 6. The fourth-order valence-electron chi connectivity index (χ4n) is 4.66. The number of hydrogen-bond donors (Lipinski definition) is 0. The molecule has 0 bridgehead atoms. The van der Waals surface area contributed by atoms with Crippen molar-refractivity contribution >= 4 is 25.7 Å². The molecule has 3 saturated heterocycles. The average Bonchev–Trinajstić information content (AvgIpc) is 3.35. The predicted octanol–water partition coefficient (Wildman–Crippen LogP) is 3.74. The Kier molecular flexibility index (Phi) is 8.29. The van der Waals surface area contributed by atoms with E-state index in [0.717, 1.165) is 37.5 Å². The summed E-state index contributed by atoms with van der Waals surface area (Å²) in [5.74, 6) is 0.328. The Balaban J connectivity index is 1.26. The van der Waals surface area contributed by atoms with E-state index in [-0.39, 0.29) is 25.0 Å². The van der Waals surface area contributed by atoms with Gasteiger partial charge in [-0.3, -0.25) is 4.79 Å². The van der Waals surface area contributed by atoms with Crippen LogP contribution in [-0.2, 0) is 25.5 Å². The van der Waals surface area contributed by atoms with Gasteiger partial charge in [-0.25, -0.2) is 9.69 Å². The van der Waals surface area contributed by atoms with Crippen LogP contribution in [0.1, 0.15) is 24.8 Å². The molecule has 8 nitrogen and oxygen atoms in total. The third-order valence-electron chi connectivity index (χ3n) is 6.86. The number of piperidine rings is 1. The highest BCUT2D eigenvalue weighted by Gasteiger charge is 2.33. The first kappa shape index (κ1) is 25.2. The van der Waals surface area contributed by atoms with Crippen LogP contribution in [0.2, 0.25) is 25.7 Å². The van der Waals surface area contributed by atoms with Crippen molar-refractivity contribution in [3.05, 3.63) is 29.8 Å². The molecule has 1 aromatic carbocycles. The molecule has 0 spiro atoms. The van der Waals surface area contributed by atoms with Crippen molar-refractivity contribution < 1.29 is 23.8 Å². The van der Waals surface area contributed by atoms with Crippen molar-refractivity contribution in [1.82, 2.24) is 9.80 Å². The topological polar surface area (TPSA) is 71.6 Å². The molecular formula is C25H39N3O5Si. The molecule has 0 N–H and O–H groups in total. The minimum atomic E-state index is -1.21. The molecule has 0 saturated carbocycles. The van der Waals surface area contributed by atoms with Gasteiger partial charge in [0.1, 0.15) is 6.73 Å². The highest BCUT2D eigenvalue weighted by molar-refractivity contribution is 6.76. The Morgan fingerprint density at radius 1 is 1.00 bits per heavy atom. The van der Waals surface area contributed by atoms with Crippen LogP contribution in [-0.4, -0.2) is 82.3 Å². The first-order valence-electron chi connectivity index (χ1n) is 12.5. The lowest BCUT2D eigenvalue weighted by Crippen LogP contribution is -2.52. The Morgan fingerprint density at radius 3 is 2.32 bits per heavy atom. The van der Waals surface area contributed by atoms with Gasteiger partial charge in [-0.1, -0.05) is 31.8 Å². The number of benzene rings is 1. The number of urea groups is 1. The summed E-state index contributed by atoms with van der Waals surface area (Å²) in [6.45, 7) is 11.8. The maximum atomic E-state index is 12.9. The molecule has 9 heteroatoms. The number of imide groups is 1. The van der Waals surface area contributed by atoms with Gasteiger partial charge < -0.3 is 24.0 Å². The molecule has 4 rings (SSSR count). The molecule has 0 aromatic heterocycles. The van der Waals surface area contributed by atoms with Gasteiger partial charge in [0.2, 0.25) is 5.91 Å². The minimum Gasteiger partial charge on any atom is -0.372 e. The van der Waals surface area contributed by atoms with Gasteiger partial charge in [0.15, 0.2) is 6.29 Å². The van der Waals surface area contributed by atoms with Crippen LogP contribution in [0.3, 0.4) is 0 Å². The van der Waals surface area contributed by atoms with Crippen molar-refractivity contribution in [3.8, 4) is 0 Å². The van der Waals surface area contributed by atoms with Gasteiger partial charge in [-0.15, -0.1) is 0 Å². The van der Waals surface area contributed by atoms with E-state index in [1.807, 2.05) is 0 Å². The van der Waals surface area contributed by atoms with Crippen LogP contribution in [0.25, 0.3) is 0 Å². The Labute approximate surface area is 204 Å². The fourth-order valence-corrected chi connectivity index (χ4v) is 5.41. The van der Waals surface area contributed by atoms with Gasteiger partial charge in [0, 0.05) is 58.9 Å².